The second-order valence-electron chi connectivity index (χ2n) is 3.94. The molecule has 1 saturated heterocycles. The number of ether oxygens (including phenoxy) is 1. The van der Waals surface area contributed by atoms with Crippen molar-refractivity contribution in [1.82, 2.24) is 0 Å². The highest BCUT2D eigenvalue weighted by atomic mass is 32.2. The van der Waals surface area contributed by atoms with Crippen LogP contribution >= 0.6 is 0 Å². The standard InChI is InChI=1S/C13H15OS/c1-2-4-12-11(3-1)5-6-13(12)15-9-7-14-8-10-15/h1-4,6H,5,7-10H2/q+1. The summed E-state index contributed by atoms with van der Waals surface area (Å²) in [6.45, 7) is 1.89. The van der Waals surface area contributed by atoms with Crippen LogP contribution in [0.25, 0.3) is 4.91 Å². The number of hydrogen-bond donors (Lipinski definition) is 0. The zero-order valence-corrected chi connectivity index (χ0v) is 9.56. The summed E-state index contributed by atoms with van der Waals surface area (Å²) in [6, 6.07) is 8.82. The van der Waals surface area contributed by atoms with Crippen LogP contribution in [-0.4, -0.2) is 24.7 Å². The minimum absolute atomic E-state index is 0.455. The molecule has 78 valence electrons. The van der Waals surface area contributed by atoms with Crippen molar-refractivity contribution in [3.8, 4) is 0 Å². The zero-order chi connectivity index (χ0) is 10.1. The van der Waals surface area contributed by atoms with E-state index in [2.05, 4.69) is 30.3 Å². The van der Waals surface area contributed by atoms with Crippen LogP contribution in [-0.2, 0) is 22.1 Å². The highest BCUT2D eigenvalue weighted by molar-refractivity contribution is 8.05. The first kappa shape index (κ1) is 9.49. The quantitative estimate of drug-likeness (QED) is 0.658. The van der Waals surface area contributed by atoms with E-state index in [1.165, 1.54) is 22.6 Å². The Morgan fingerprint density at radius 3 is 2.73 bits per heavy atom. The maximum Gasteiger partial charge on any atom is 0.158 e. The minimum Gasteiger partial charge on any atom is -0.372 e. The van der Waals surface area contributed by atoms with E-state index < -0.39 is 0 Å². The van der Waals surface area contributed by atoms with E-state index in [1.54, 1.807) is 4.91 Å². The van der Waals surface area contributed by atoms with Crippen molar-refractivity contribution in [3.63, 3.8) is 0 Å². The second-order valence-corrected chi connectivity index (χ2v) is 6.18. The van der Waals surface area contributed by atoms with Gasteiger partial charge in [0.1, 0.15) is 11.5 Å². The van der Waals surface area contributed by atoms with Crippen LogP contribution in [0.4, 0.5) is 0 Å². The third-order valence-electron chi connectivity index (χ3n) is 3.05. The molecule has 1 aromatic carbocycles. The Morgan fingerprint density at radius 1 is 1.07 bits per heavy atom. The van der Waals surface area contributed by atoms with Crippen molar-refractivity contribution in [2.45, 2.75) is 6.42 Å². The van der Waals surface area contributed by atoms with Crippen LogP contribution in [0.3, 0.4) is 0 Å². The first-order valence-electron chi connectivity index (χ1n) is 5.49. The molecule has 2 aliphatic rings. The molecule has 0 spiro atoms. The summed E-state index contributed by atoms with van der Waals surface area (Å²) in [5.41, 5.74) is 3.01. The van der Waals surface area contributed by atoms with E-state index in [9.17, 15) is 0 Å². The SMILES string of the molecule is C1=C([S+]2CCOCC2)c2ccccc2C1. The summed E-state index contributed by atoms with van der Waals surface area (Å²) < 4.78 is 5.43. The van der Waals surface area contributed by atoms with Gasteiger partial charge in [0.05, 0.1) is 13.2 Å². The summed E-state index contributed by atoms with van der Waals surface area (Å²) in [6.07, 6.45) is 3.56. The smallest absolute Gasteiger partial charge is 0.158 e. The average Bonchev–Trinajstić information content (AvgIpc) is 2.74. The first-order chi connectivity index (χ1) is 7.45. The molecule has 2 heteroatoms. The number of hydrogen-bond acceptors (Lipinski definition) is 1. The molecule has 1 nitrogen and oxygen atoms in total. The predicted octanol–water partition coefficient (Wildman–Crippen LogP) is 2.23. The molecule has 0 radical (unpaired) electrons. The number of benzene rings is 1. The Hall–Kier alpha value is -0.730. The van der Waals surface area contributed by atoms with Gasteiger partial charge < -0.3 is 4.74 Å². The van der Waals surface area contributed by atoms with Gasteiger partial charge in [0.2, 0.25) is 0 Å². The fraction of sp³-hybridized carbons (Fsp3) is 0.385. The number of fused-ring (bicyclic) bond motifs is 1. The van der Waals surface area contributed by atoms with Crippen LogP contribution in [0.2, 0.25) is 0 Å². The molecule has 1 fully saturated rings. The molecular formula is C13H15OS+. The molecule has 0 amide bonds. The van der Waals surface area contributed by atoms with Gasteiger partial charge in [-0.3, -0.25) is 0 Å². The van der Waals surface area contributed by atoms with E-state index in [0.29, 0.717) is 10.9 Å². The van der Waals surface area contributed by atoms with Crippen LogP contribution < -0.4 is 0 Å². The summed E-state index contributed by atoms with van der Waals surface area (Å²) in [5.74, 6) is 2.44. The van der Waals surface area contributed by atoms with Gasteiger partial charge in [-0.2, -0.15) is 0 Å². The lowest BCUT2D eigenvalue weighted by Gasteiger charge is -2.15. The normalized spacial score (nSPS) is 21.2. The van der Waals surface area contributed by atoms with Gasteiger partial charge in [-0.05, 0) is 24.1 Å². The maximum absolute atomic E-state index is 5.43. The van der Waals surface area contributed by atoms with Crippen molar-refractivity contribution >= 4 is 15.8 Å². The van der Waals surface area contributed by atoms with Crippen LogP contribution in [0.15, 0.2) is 30.3 Å². The van der Waals surface area contributed by atoms with Gasteiger partial charge in [-0.15, -0.1) is 0 Å². The summed E-state index contributed by atoms with van der Waals surface area (Å²) in [7, 11) is 0.455. The highest BCUT2D eigenvalue weighted by Gasteiger charge is 2.32. The van der Waals surface area contributed by atoms with Crippen LogP contribution in [0.5, 0.6) is 0 Å². The minimum atomic E-state index is 0.455. The Labute approximate surface area is 93.5 Å². The highest BCUT2D eigenvalue weighted by Crippen LogP contribution is 2.33. The van der Waals surface area contributed by atoms with Gasteiger partial charge in [-0.25, -0.2) is 0 Å². The summed E-state index contributed by atoms with van der Waals surface area (Å²) >= 11 is 0. The van der Waals surface area contributed by atoms with Gasteiger partial charge >= 0.3 is 0 Å². The van der Waals surface area contributed by atoms with E-state index >= 15 is 0 Å². The fourth-order valence-corrected chi connectivity index (χ4v) is 4.38. The molecule has 0 unspecified atom stereocenters. The van der Waals surface area contributed by atoms with Crippen molar-refractivity contribution in [3.05, 3.63) is 41.5 Å². The lowest BCUT2D eigenvalue weighted by atomic mass is 10.1. The monoisotopic (exact) mass is 219 g/mol. The third kappa shape index (κ3) is 1.72. The van der Waals surface area contributed by atoms with Gasteiger partial charge in [0.15, 0.2) is 4.91 Å². The third-order valence-corrected chi connectivity index (χ3v) is 5.38. The molecule has 3 rings (SSSR count). The van der Waals surface area contributed by atoms with Gasteiger partial charge in [0.25, 0.3) is 0 Å². The topological polar surface area (TPSA) is 9.23 Å². The van der Waals surface area contributed by atoms with Gasteiger partial charge in [0, 0.05) is 16.5 Å². The second kappa shape index (κ2) is 4.03. The Kier molecular flexibility index (Phi) is 2.55. The van der Waals surface area contributed by atoms with E-state index in [4.69, 9.17) is 4.74 Å². The molecule has 1 heterocycles. The molecule has 0 saturated carbocycles. The van der Waals surface area contributed by atoms with E-state index in [0.717, 1.165) is 19.6 Å². The summed E-state index contributed by atoms with van der Waals surface area (Å²) in [4.78, 5) is 1.61. The van der Waals surface area contributed by atoms with Crippen molar-refractivity contribution in [1.29, 1.82) is 0 Å². The average molecular weight is 219 g/mol. The van der Waals surface area contributed by atoms with Crippen molar-refractivity contribution < 1.29 is 4.74 Å². The van der Waals surface area contributed by atoms with E-state index in [-0.39, 0.29) is 0 Å². The van der Waals surface area contributed by atoms with Crippen LogP contribution in [0, 0.1) is 0 Å². The zero-order valence-electron chi connectivity index (χ0n) is 8.74. The van der Waals surface area contributed by atoms with Crippen molar-refractivity contribution in [2.75, 3.05) is 24.7 Å². The van der Waals surface area contributed by atoms with Crippen LogP contribution in [0.1, 0.15) is 11.1 Å². The largest absolute Gasteiger partial charge is 0.372 e. The number of allylic oxidation sites excluding steroid dienone is 1. The molecule has 15 heavy (non-hydrogen) atoms. The molecule has 1 aliphatic heterocycles. The Balaban J connectivity index is 1.89. The molecule has 0 aromatic heterocycles. The molecule has 1 aromatic rings. The first-order valence-corrected chi connectivity index (χ1v) is 7.05. The number of rotatable bonds is 1. The summed E-state index contributed by atoms with van der Waals surface area (Å²) in [5, 5.41) is 0. The predicted molar refractivity (Wildman–Crippen MR) is 66.0 cm³/mol. The molecule has 0 bridgehead atoms. The Morgan fingerprint density at radius 2 is 1.87 bits per heavy atom. The Bertz CT molecular complexity index is 391. The fourth-order valence-electron chi connectivity index (χ4n) is 2.27. The lowest BCUT2D eigenvalue weighted by Crippen LogP contribution is -2.26. The molecular weight excluding hydrogens is 204 g/mol. The maximum atomic E-state index is 5.43. The molecule has 0 N–H and O–H groups in total. The lowest BCUT2D eigenvalue weighted by molar-refractivity contribution is 0.160. The van der Waals surface area contributed by atoms with E-state index in [1.807, 2.05) is 0 Å². The molecule has 1 aliphatic carbocycles. The molecule has 0 atom stereocenters. The van der Waals surface area contributed by atoms with Crippen molar-refractivity contribution in [2.24, 2.45) is 0 Å². The van der Waals surface area contributed by atoms with Gasteiger partial charge in [-0.1, -0.05) is 18.2 Å².